The van der Waals surface area contributed by atoms with Crippen LogP contribution in [-0.2, 0) is 12.6 Å². The van der Waals surface area contributed by atoms with Gasteiger partial charge in [0, 0.05) is 0 Å². The third-order valence-electron chi connectivity index (χ3n) is 4.10. The van der Waals surface area contributed by atoms with Crippen molar-refractivity contribution in [1.29, 1.82) is 0 Å². The topological polar surface area (TPSA) is 20.2 Å². The van der Waals surface area contributed by atoms with Crippen molar-refractivity contribution in [2.24, 2.45) is 11.8 Å². The molecule has 2 rings (SSSR count). The smallest absolute Gasteiger partial charge is 0.392 e. The van der Waals surface area contributed by atoms with Crippen LogP contribution in [0.2, 0.25) is 0 Å². The number of allylic oxidation sites excluding steroid dienone is 2. The molecule has 1 aliphatic carbocycles. The van der Waals surface area contributed by atoms with E-state index < -0.39 is 17.8 Å². The predicted octanol–water partition coefficient (Wildman–Crippen LogP) is 4.60. The average molecular weight is 298 g/mol. The quantitative estimate of drug-likeness (QED) is 0.808. The summed E-state index contributed by atoms with van der Waals surface area (Å²) < 4.78 is 37.5. The number of aliphatic hydroxyl groups excluding tert-OH is 1. The van der Waals surface area contributed by atoms with E-state index in [1.54, 1.807) is 0 Å². The zero-order valence-electron chi connectivity index (χ0n) is 12.3. The lowest BCUT2D eigenvalue weighted by molar-refractivity contribution is -0.137. The molecule has 4 heteroatoms. The van der Waals surface area contributed by atoms with E-state index in [0.29, 0.717) is 12.3 Å². The minimum absolute atomic E-state index is 0.187. The van der Waals surface area contributed by atoms with Crippen molar-refractivity contribution < 1.29 is 18.3 Å². The maximum Gasteiger partial charge on any atom is 0.416 e. The van der Waals surface area contributed by atoms with Gasteiger partial charge in [-0.15, -0.1) is 0 Å². The van der Waals surface area contributed by atoms with Gasteiger partial charge in [-0.3, -0.25) is 0 Å². The van der Waals surface area contributed by atoms with E-state index in [4.69, 9.17) is 0 Å². The Hall–Kier alpha value is -1.29. The Balaban J connectivity index is 2.00. The Kier molecular flexibility index (Phi) is 4.77. The normalized spacial score (nSPS) is 24.6. The zero-order chi connectivity index (χ0) is 15.6. The number of rotatable bonds is 3. The molecule has 3 unspecified atom stereocenters. The monoisotopic (exact) mass is 298 g/mol. The summed E-state index contributed by atoms with van der Waals surface area (Å²) in [6, 6.07) is 5.08. The number of alkyl halides is 3. The molecule has 0 fully saturated rings. The molecule has 0 spiro atoms. The van der Waals surface area contributed by atoms with Crippen molar-refractivity contribution in [3.8, 4) is 0 Å². The van der Waals surface area contributed by atoms with Crippen LogP contribution in [0.25, 0.3) is 0 Å². The second kappa shape index (κ2) is 6.22. The highest BCUT2D eigenvalue weighted by Crippen LogP contribution is 2.32. The van der Waals surface area contributed by atoms with E-state index in [9.17, 15) is 18.3 Å². The summed E-state index contributed by atoms with van der Waals surface area (Å²) in [6.45, 7) is 4.19. The maximum absolute atomic E-state index is 12.5. The molecule has 0 amide bonds. The molecule has 0 radical (unpaired) electrons. The lowest BCUT2D eigenvalue weighted by Crippen LogP contribution is -2.27. The van der Waals surface area contributed by atoms with Crippen LogP contribution in [0.1, 0.15) is 37.8 Å². The third-order valence-corrected chi connectivity index (χ3v) is 4.10. The molecular formula is C17H21F3O. The van der Waals surface area contributed by atoms with Crippen molar-refractivity contribution in [3.63, 3.8) is 0 Å². The van der Waals surface area contributed by atoms with Gasteiger partial charge in [-0.05, 0) is 55.7 Å². The van der Waals surface area contributed by atoms with Gasteiger partial charge in [0.25, 0.3) is 0 Å². The molecule has 1 aliphatic rings. The molecule has 0 heterocycles. The van der Waals surface area contributed by atoms with Gasteiger partial charge in [-0.2, -0.15) is 13.2 Å². The Morgan fingerprint density at radius 3 is 2.38 bits per heavy atom. The zero-order valence-corrected chi connectivity index (χ0v) is 12.3. The predicted molar refractivity (Wildman–Crippen MR) is 76.8 cm³/mol. The van der Waals surface area contributed by atoms with E-state index in [1.807, 2.05) is 0 Å². The summed E-state index contributed by atoms with van der Waals surface area (Å²) in [5, 5.41) is 10.3. The van der Waals surface area contributed by atoms with Crippen molar-refractivity contribution in [2.75, 3.05) is 0 Å². The third kappa shape index (κ3) is 4.34. The van der Waals surface area contributed by atoms with Crippen molar-refractivity contribution in [1.82, 2.24) is 0 Å². The molecule has 1 aromatic carbocycles. The van der Waals surface area contributed by atoms with Gasteiger partial charge >= 0.3 is 6.18 Å². The van der Waals surface area contributed by atoms with Crippen molar-refractivity contribution in [3.05, 3.63) is 47.0 Å². The number of aliphatic hydroxyl groups is 1. The van der Waals surface area contributed by atoms with E-state index in [2.05, 4.69) is 19.9 Å². The van der Waals surface area contributed by atoms with E-state index in [-0.39, 0.29) is 5.92 Å². The highest BCUT2D eigenvalue weighted by Gasteiger charge is 2.30. The number of benzene rings is 1. The Bertz CT molecular complexity index is 502. The molecule has 1 N–H and O–H groups in total. The van der Waals surface area contributed by atoms with E-state index in [0.717, 1.165) is 30.5 Å². The highest BCUT2D eigenvalue weighted by molar-refractivity contribution is 5.25. The molecule has 0 saturated heterocycles. The van der Waals surface area contributed by atoms with Gasteiger partial charge < -0.3 is 5.11 Å². The standard InChI is InChI=1S/C17H21F3O/c1-11-7-12(2)9-14(8-11)16(21)10-13-3-5-15(6-4-13)17(18,19)20/h3-7,11,14,16,21H,8-10H2,1-2H3. The van der Waals surface area contributed by atoms with Gasteiger partial charge in [0.05, 0.1) is 11.7 Å². The minimum Gasteiger partial charge on any atom is -0.392 e. The van der Waals surface area contributed by atoms with Crippen LogP contribution in [0.15, 0.2) is 35.9 Å². The average Bonchev–Trinajstić information content (AvgIpc) is 2.37. The van der Waals surface area contributed by atoms with Crippen LogP contribution >= 0.6 is 0 Å². The largest absolute Gasteiger partial charge is 0.416 e. The van der Waals surface area contributed by atoms with Gasteiger partial charge in [0.15, 0.2) is 0 Å². The van der Waals surface area contributed by atoms with E-state index in [1.165, 1.54) is 17.7 Å². The molecule has 116 valence electrons. The number of hydrogen-bond acceptors (Lipinski definition) is 1. The molecule has 0 bridgehead atoms. The van der Waals surface area contributed by atoms with Crippen molar-refractivity contribution in [2.45, 2.75) is 45.4 Å². The van der Waals surface area contributed by atoms with Crippen LogP contribution < -0.4 is 0 Å². The fourth-order valence-corrected chi connectivity index (χ4v) is 3.13. The molecule has 1 aromatic rings. The van der Waals surface area contributed by atoms with Crippen LogP contribution in [-0.4, -0.2) is 11.2 Å². The van der Waals surface area contributed by atoms with Crippen molar-refractivity contribution >= 4 is 0 Å². The van der Waals surface area contributed by atoms with Crippen LogP contribution in [0.5, 0.6) is 0 Å². The number of halogens is 3. The van der Waals surface area contributed by atoms with Gasteiger partial charge in [-0.25, -0.2) is 0 Å². The Morgan fingerprint density at radius 1 is 1.24 bits per heavy atom. The Labute approximate surface area is 123 Å². The van der Waals surface area contributed by atoms with E-state index >= 15 is 0 Å². The molecule has 1 nitrogen and oxygen atoms in total. The molecule has 21 heavy (non-hydrogen) atoms. The highest BCUT2D eigenvalue weighted by atomic mass is 19.4. The molecule has 0 aromatic heterocycles. The molecule has 3 atom stereocenters. The van der Waals surface area contributed by atoms with Gasteiger partial charge in [-0.1, -0.05) is 30.7 Å². The maximum atomic E-state index is 12.5. The number of hydrogen-bond donors (Lipinski definition) is 1. The fourth-order valence-electron chi connectivity index (χ4n) is 3.13. The van der Waals surface area contributed by atoms with Gasteiger partial charge in [0.1, 0.15) is 0 Å². The summed E-state index contributed by atoms with van der Waals surface area (Å²) in [5.74, 6) is 0.637. The summed E-state index contributed by atoms with van der Waals surface area (Å²) in [5.41, 5.74) is 1.38. The molecule has 0 saturated carbocycles. The second-order valence-electron chi connectivity index (χ2n) is 6.16. The minimum atomic E-state index is -4.31. The Morgan fingerprint density at radius 2 is 1.86 bits per heavy atom. The summed E-state index contributed by atoms with van der Waals surface area (Å²) in [4.78, 5) is 0. The first kappa shape index (κ1) is 16.1. The van der Waals surface area contributed by atoms with Crippen LogP contribution in [0.3, 0.4) is 0 Å². The second-order valence-corrected chi connectivity index (χ2v) is 6.16. The SMILES string of the molecule is CC1=CC(C)CC(C(O)Cc2ccc(C(F)(F)F)cc2)C1. The van der Waals surface area contributed by atoms with Crippen LogP contribution in [0, 0.1) is 11.8 Å². The molecular weight excluding hydrogens is 277 g/mol. The lowest BCUT2D eigenvalue weighted by atomic mass is 9.79. The first-order valence-corrected chi connectivity index (χ1v) is 7.27. The fraction of sp³-hybridized carbons (Fsp3) is 0.529. The lowest BCUT2D eigenvalue weighted by Gasteiger charge is -2.29. The van der Waals surface area contributed by atoms with Crippen LogP contribution in [0.4, 0.5) is 13.2 Å². The summed E-state index contributed by atoms with van der Waals surface area (Å²) >= 11 is 0. The van der Waals surface area contributed by atoms with Gasteiger partial charge in [0.2, 0.25) is 0 Å². The summed E-state index contributed by atoms with van der Waals surface area (Å²) in [7, 11) is 0. The first-order chi connectivity index (χ1) is 9.75. The molecule has 0 aliphatic heterocycles. The first-order valence-electron chi connectivity index (χ1n) is 7.27. The summed E-state index contributed by atoms with van der Waals surface area (Å²) in [6.07, 6.45) is -0.388.